The van der Waals surface area contributed by atoms with Crippen LogP contribution < -0.4 is 5.32 Å². The average molecular weight is 252 g/mol. The standard InChI is InChI=1S/C12H16N2O2S/c1-8-7-10(9(2)17-8)12(16)14-5-3-11(15)13-4-6-14/h7H,3-6H2,1-2H3,(H,13,15). The van der Waals surface area contributed by atoms with E-state index in [1.165, 1.54) is 0 Å². The zero-order chi connectivity index (χ0) is 12.4. The molecular weight excluding hydrogens is 236 g/mol. The largest absolute Gasteiger partial charge is 0.354 e. The Kier molecular flexibility index (Phi) is 3.47. The van der Waals surface area contributed by atoms with Gasteiger partial charge in [0.2, 0.25) is 5.91 Å². The molecule has 1 aliphatic rings. The Morgan fingerprint density at radius 2 is 2.18 bits per heavy atom. The summed E-state index contributed by atoms with van der Waals surface area (Å²) in [4.78, 5) is 27.5. The molecule has 0 radical (unpaired) electrons. The molecule has 2 rings (SSSR count). The van der Waals surface area contributed by atoms with E-state index in [2.05, 4.69) is 5.32 Å². The molecule has 1 N–H and O–H groups in total. The predicted molar refractivity (Wildman–Crippen MR) is 67.3 cm³/mol. The fourth-order valence-electron chi connectivity index (χ4n) is 1.98. The third-order valence-corrected chi connectivity index (χ3v) is 3.84. The molecule has 92 valence electrons. The van der Waals surface area contributed by atoms with Gasteiger partial charge in [0.05, 0.1) is 5.56 Å². The number of nitrogens with zero attached hydrogens (tertiary/aromatic N) is 1. The Morgan fingerprint density at radius 1 is 1.41 bits per heavy atom. The maximum Gasteiger partial charge on any atom is 0.255 e. The SMILES string of the molecule is Cc1cc(C(=O)N2CCNC(=O)CC2)c(C)s1. The molecule has 1 aromatic rings. The van der Waals surface area contributed by atoms with Crippen LogP contribution in [0, 0.1) is 13.8 Å². The number of nitrogens with one attached hydrogen (secondary N) is 1. The zero-order valence-electron chi connectivity index (χ0n) is 10.1. The van der Waals surface area contributed by atoms with Crippen molar-refractivity contribution in [1.29, 1.82) is 0 Å². The van der Waals surface area contributed by atoms with Crippen LogP contribution in [0.2, 0.25) is 0 Å². The lowest BCUT2D eigenvalue weighted by atomic mass is 10.2. The van der Waals surface area contributed by atoms with Crippen molar-refractivity contribution in [3.63, 3.8) is 0 Å². The van der Waals surface area contributed by atoms with Gasteiger partial charge in [-0.2, -0.15) is 0 Å². The summed E-state index contributed by atoms with van der Waals surface area (Å²) in [6.07, 6.45) is 0.397. The third kappa shape index (κ3) is 2.66. The molecule has 5 heteroatoms. The van der Waals surface area contributed by atoms with Gasteiger partial charge in [0.25, 0.3) is 5.91 Å². The molecule has 1 aliphatic heterocycles. The minimum atomic E-state index is 0.0264. The van der Waals surface area contributed by atoms with E-state index in [0.717, 1.165) is 15.3 Å². The highest BCUT2D eigenvalue weighted by molar-refractivity contribution is 7.12. The number of hydrogen-bond donors (Lipinski definition) is 1. The highest BCUT2D eigenvalue weighted by Crippen LogP contribution is 2.22. The molecule has 0 aromatic carbocycles. The van der Waals surface area contributed by atoms with Crippen molar-refractivity contribution in [2.75, 3.05) is 19.6 Å². The summed E-state index contributed by atoms with van der Waals surface area (Å²) in [6.45, 7) is 5.62. The molecule has 2 amide bonds. The van der Waals surface area contributed by atoms with Gasteiger partial charge >= 0.3 is 0 Å². The van der Waals surface area contributed by atoms with Crippen molar-refractivity contribution >= 4 is 23.2 Å². The molecule has 0 aliphatic carbocycles. The molecular formula is C12H16N2O2S. The van der Waals surface area contributed by atoms with Crippen LogP contribution in [0.25, 0.3) is 0 Å². The number of hydrogen-bond acceptors (Lipinski definition) is 3. The van der Waals surface area contributed by atoms with Gasteiger partial charge < -0.3 is 10.2 Å². The molecule has 2 heterocycles. The Bertz CT molecular complexity index is 453. The Hall–Kier alpha value is -1.36. The van der Waals surface area contributed by atoms with E-state index >= 15 is 0 Å². The van der Waals surface area contributed by atoms with Gasteiger partial charge in [-0.05, 0) is 19.9 Å². The van der Waals surface area contributed by atoms with Crippen molar-refractivity contribution in [2.45, 2.75) is 20.3 Å². The first kappa shape index (κ1) is 12.1. The fraction of sp³-hybridized carbons (Fsp3) is 0.500. The molecule has 1 aromatic heterocycles. The monoisotopic (exact) mass is 252 g/mol. The number of carbonyl (C=O) groups is 2. The van der Waals surface area contributed by atoms with Crippen LogP contribution in [-0.4, -0.2) is 36.3 Å². The van der Waals surface area contributed by atoms with Crippen molar-refractivity contribution in [2.24, 2.45) is 0 Å². The maximum atomic E-state index is 12.3. The summed E-state index contributed by atoms with van der Waals surface area (Å²) < 4.78 is 0. The topological polar surface area (TPSA) is 49.4 Å². The summed E-state index contributed by atoms with van der Waals surface area (Å²) in [5.41, 5.74) is 0.779. The van der Waals surface area contributed by atoms with Crippen LogP contribution in [0.15, 0.2) is 6.07 Å². The molecule has 17 heavy (non-hydrogen) atoms. The van der Waals surface area contributed by atoms with Crippen molar-refractivity contribution in [3.05, 3.63) is 21.4 Å². The third-order valence-electron chi connectivity index (χ3n) is 2.87. The van der Waals surface area contributed by atoms with Gasteiger partial charge in [-0.3, -0.25) is 9.59 Å². The van der Waals surface area contributed by atoms with Crippen molar-refractivity contribution in [1.82, 2.24) is 10.2 Å². The van der Waals surface area contributed by atoms with Crippen LogP contribution in [0.1, 0.15) is 26.5 Å². The normalized spacial score (nSPS) is 16.6. The van der Waals surface area contributed by atoms with Gasteiger partial charge in [-0.25, -0.2) is 0 Å². The van der Waals surface area contributed by atoms with Gasteiger partial charge in [-0.1, -0.05) is 0 Å². The molecule has 0 spiro atoms. The lowest BCUT2D eigenvalue weighted by Gasteiger charge is -2.19. The van der Waals surface area contributed by atoms with E-state index in [9.17, 15) is 9.59 Å². The zero-order valence-corrected chi connectivity index (χ0v) is 10.9. The number of aryl methyl sites for hydroxylation is 2. The number of carbonyl (C=O) groups excluding carboxylic acids is 2. The van der Waals surface area contributed by atoms with Crippen LogP contribution in [0.3, 0.4) is 0 Å². The molecule has 4 nitrogen and oxygen atoms in total. The minimum absolute atomic E-state index is 0.0264. The number of rotatable bonds is 1. The second-order valence-electron chi connectivity index (χ2n) is 4.22. The van der Waals surface area contributed by atoms with Crippen molar-refractivity contribution < 1.29 is 9.59 Å². The first-order valence-electron chi connectivity index (χ1n) is 5.71. The van der Waals surface area contributed by atoms with E-state index in [4.69, 9.17) is 0 Å². The maximum absolute atomic E-state index is 12.3. The second-order valence-corrected chi connectivity index (χ2v) is 5.68. The first-order valence-corrected chi connectivity index (χ1v) is 6.52. The smallest absolute Gasteiger partial charge is 0.255 e. The predicted octanol–water partition coefficient (Wildman–Crippen LogP) is 1.33. The number of amides is 2. The quantitative estimate of drug-likeness (QED) is 0.819. The molecule has 1 fully saturated rings. The molecule has 0 unspecified atom stereocenters. The van der Waals surface area contributed by atoms with Crippen molar-refractivity contribution in [3.8, 4) is 0 Å². The Balaban J connectivity index is 2.14. The van der Waals surface area contributed by atoms with E-state index in [1.54, 1.807) is 16.2 Å². The summed E-state index contributed by atoms with van der Waals surface area (Å²) in [5.74, 6) is 0.0712. The summed E-state index contributed by atoms with van der Waals surface area (Å²) in [7, 11) is 0. The fourth-order valence-corrected chi connectivity index (χ4v) is 2.90. The van der Waals surface area contributed by atoms with E-state index in [-0.39, 0.29) is 11.8 Å². The summed E-state index contributed by atoms with van der Waals surface area (Å²) in [6, 6.07) is 1.93. The average Bonchev–Trinajstić information content (AvgIpc) is 2.49. The highest BCUT2D eigenvalue weighted by atomic mass is 32.1. The van der Waals surface area contributed by atoms with Gasteiger partial charge in [0, 0.05) is 35.8 Å². The number of thiophene rings is 1. The second kappa shape index (κ2) is 4.87. The van der Waals surface area contributed by atoms with Crippen LogP contribution in [-0.2, 0) is 4.79 Å². The Labute approximate surface area is 105 Å². The van der Waals surface area contributed by atoms with E-state index in [1.807, 2.05) is 19.9 Å². The van der Waals surface area contributed by atoms with Gasteiger partial charge in [0.1, 0.15) is 0 Å². The van der Waals surface area contributed by atoms with E-state index in [0.29, 0.717) is 26.1 Å². The highest BCUT2D eigenvalue weighted by Gasteiger charge is 2.21. The molecule has 1 saturated heterocycles. The van der Waals surface area contributed by atoms with Crippen LogP contribution in [0.4, 0.5) is 0 Å². The molecule has 0 atom stereocenters. The summed E-state index contributed by atoms with van der Waals surface area (Å²) >= 11 is 1.64. The first-order chi connectivity index (χ1) is 8.08. The lowest BCUT2D eigenvalue weighted by Crippen LogP contribution is -2.34. The molecule has 0 saturated carbocycles. The Morgan fingerprint density at radius 3 is 2.82 bits per heavy atom. The van der Waals surface area contributed by atoms with Gasteiger partial charge in [0.15, 0.2) is 0 Å². The van der Waals surface area contributed by atoms with Crippen LogP contribution in [0.5, 0.6) is 0 Å². The lowest BCUT2D eigenvalue weighted by molar-refractivity contribution is -0.120. The van der Waals surface area contributed by atoms with E-state index < -0.39 is 0 Å². The van der Waals surface area contributed by atoms with Gasteiger partial charge in [-0.15, -0.1) is 11.3 Å². The molecule has 0 bridgehead atoms. The summed E-state index contributed by atoms with van der Waals surface area (Å²) in [5, 5.41) is 2.77. The minimum Gasteiger partial charge on any atom is -0.354 e. The van der Waals surface area contributed by atoms with Crippen LogP contribution >= 0.6 is 11.3 Å².